The highest BCUT2D eigenvalue weighted by Crippen LogP contribution is 2.23. The molecule has 1 saturated heterocycles. The molecule has 0 unspecified atom stereocenters. The maximum absolute atomic E-state index is 11.3. The van der Waals surface area contributed by atoms with E-state index in [0.29, 0.717) is 0 Å². The minimum Gasteiger partial charge on any atom is -0.490 e. The Balaban J connectivity index is 1.54. The summed E-state index contributed by atoms with van der Waals surface area (Å²) in [7, 11) is 0. The summed E-state index contributed by atoms with van der Waals surface area (Å²) in [6, 6.07) is 10.0. The predicted octanol–water partition coefficient (Wildman–Crippen LogP) is 3.29. The third-order valence-corrected chi connectivity index (χ3v) is 4.71. The topological polar surface area (TPSA) is 68.7 Å². The molecule has 1 aliphatic rings. The summed E-state index contributed by atoms with van der Waals surface area (Å²) >= 11 is 0. The largest absolute Gasteiger partial charge is 0.490 e. The number of hydrogen-bond acceptors (Lipinski definition) is 4. The van der Waals surface area contributed by atoms with Crippen molar-refractivity contribution in [1.29, 1.82) is 0 Å². The second-order valence-electron chi connectivity index (χ2n) is 6.68. The van der Waals surface area contributed by atoms with Crippen molar-refractivity contribution in [2.45, 2.75) is 45.8 Å². The molecule has 3 rings (SSSR count). The van der Waals surface area contributed by atoms with Gasteiger partial charge in [0.25, 0.3) is 5.91 Å². The lowest BCUT2D eigenvalue weighted by Crippen LogP contribution is -2.37. The quantitative estimate of drug-likeness (QED) is 0.874. The number of aryl methyl sites for hydroxylation is 2. The third-order valence-electron chi connectivity index (χ3n) is 4.71. The van der Waals surface area contributed by atoms with E-state index in [1.807, 2.05) is 19.1 Å². The standard InChI is InChI=1S/C20H26N2O3/c1-3-18-15(12-19(25-18)20(21)23)13-22-10-8-17(9-11-22)24-16-6-4-14(2)5-7-16/h4-7,12,17H,3,8-11,13H2,1-2H3,(H2,21,23). The maximum atomic E-state index is 11.3. The maximum Gasteiger partial charge on any atom is 0.284 e. The van der Waals surface area contributed by atoms with Gasteiger partial charge in [-0.15, -0.1) is 0 Å². The molecule has 0 aliphatic carbocycles. The number of ether oxygens (including phenoxy) is 1. The number of nitrogens with two attached hydrogens (primary N) is 1. The first-order valence-corrected chi connectivity index (χ1v) is 8.92. The highest BCUT2D eigenvalue weighted by Gasteiger charge is 2.22. The number of benzene rings is 1. The van der Waals surface area contributed by atoms with Crippen LogP contribution in [0.3, 0.4) is 0 Å². The Morgan fingerprint density at radius 2 is 1.96 bits per heavy atom. The minimum absolute atomic E-state index is 0.254. The zero-order chi connectivity index (χ0) is 17.8. The lowest BCUT2D eigenvalue weighted by atomic mass is 10.1. The summed E-state index contributed by atoms with van der Waals surface area (Å²) in [5.41, 5.74) is 7.63. The van der Waals surface area contributed by atoms with Crippen molar-refractivity contribution in [3.8, 4) is 5.75 Å². The van der Waals surface area contributed by atoms with Crippen LogP contribution >= 0.6 is 0 Å². The van der Waals surface area contributed by atoms with Crippen LogP contribution in [0.5, 0.6) is 5.75 Å². The normalized spacial score (nSPS) is 16.1. The summed E-state index contributed by atoms with van der Waals surface area (Å²) in [6.07, 6.45) is 3.01. The first-order valence-electron chi connectivity index (χ1n) is 8.92. The van der Waals surface area contributed by atoms with E-state index < -0.39 is 5.91 Å². The molecule has 0 bridgehead atoms. The first-order chi connectivity index (χ1) is 12.0. The van der Waals surface area contributed by atoms with Crippen LogP contribution in [-0.4, -0.2) is 30.0 Å². The van der Waals surface area contributed by atoms with E-state index in [4.69, 9.17) is 14.9 Å². The zero-order valence-corrected chi connectivity index (χ0v) is 15.0. The van der Waals surface area contributed by atoms with Gasteiger partial charge in [0.05, 0.1) is 0 Å². The highest BCUT2D eigenvalue weighted by atomic mass is 16.5. The molecule has 1 aliphatic heterocycles. The number of furan rings is 1. The summed E-state index contributed by atoms with van der Waals surface area (Å²) < 4.78 is 11.6. The van der Waals surface area contributed by atoms with Gasteiger partial charge in [0.15, 0.2) is 5.76 Å². The van der Waals surface area contributed by atoms with Crippen molar-refractivity contribution >= 4 is 5.91 Å². The Morgan fingerprint density at radius 3 is 2.56 bits per heavy atom. The van der Waals surface area contributed by atoms with Gasteiger partial charge in [0.2, 0.25) is 0 Å². The van der Waals surface area contributed by atoms with Crippen molar-refractivity contribution < 1.29 is 13.9 Å². The summed E-state index contributed by atoms with van der Waals surface area (Å²) in [5.74, 6) is 1.54. The lowest BCUT2D eigenvalue weighted by Gasteiger charge is -2.32. The van der Waals surface area contributed by atoms with E-state index in [0.717, 1.165) is 56.0 Å². The first kappa shape index (κ1) is 17.5. The predicted molar refractivity (Wildman–Crippen MR) is 96.7 cm³/mol. The molecule has 0 spiro atoms. The number of piperidine rings is 1. The monoisotopic (exact) mass is 342 g/mol. The van der Waals surface area contributed by atoms with Crippen LogP contribution in [0.2, 0.25) is 0 Å². The smallest absolute Gasteiger partial charge is 0.284 e. The van der Waals surface area contributed by atoms with Crippen LogP contribution in [0, 0.1) is 6.92 Å². The van der Waals surface area contributed by atoms with Gasteiger partial charge in [-0.2, -0.15) is 0 Å². The Hall–Kier alpha value is -2.27. The summed E-state index contributed by atoms with van der Waals surface area (Å²) in [4.78, 5) is 13.7. The van der Waals surface area contributed by atoms with Crippen LogP contribution < -0.4 is 10.5 Å². The number of hydrogen-bond donors (Lipinski definition) is 1. The summed E-state index contributed by atoms with van der Waals surface area (Å²) in [6.45, 7) is 6.83. The van der Waals surface area contributed by atoms with Crippen LogP contribution in [0.25, 0.3) is 0 Å². The third kappa shape index (κ3) is 4.42. The molecule has 2 N–H and O–H groups in total. The van der Waals surface area contributed by atoms with Crippen LogP contribution in [0.15, 0.2) is 34.7 Å². The number of carbonyl (C=O) groups is 1. The SMILES string of the molecule is CCc1oc(C(N)=O)cc1CN1CCC(Oc2ccc(C)cc2)CC1. The number of likely N-dealkylation sites (tertiary alicyclic amines) is 1. The van der Waals surface area contributed by atoms with Crippen LogP contribution in [0.1, 0.15) is 47.2 Å². The molecular formula is C20H26N2O3. The Labute approximate surface area is 148 Å². The Bertz CT molecular complexity index is 713. The molecule has 134 valence electrons. The van der Waals surface area contributed by atoms with Gasteiger partial charge < -0.3 is 14.9 Å². The van der Waals surface area contributed by atoms with Gasteiger partial charge in [-0.1, -0.05) is 24.6 Å². The van der Waals surface area contributed by atoms with Gasteiger partial charge >= 0.3 is 0 Å². The number of nitrogens with zero attached hydrogens (tertiary/aromatic N) is 1. The van der Waals surface area contributed by atoms with Gasteiger partial charge in [-0.3, -0.25) is 9.69 Å². The Kier molecular flexibility index (Phi) is 5.43. The van der Waals surface area contributed by atoms with Crippen molar-refractivity contribution in [1.82, 2.24) is 4.90 Å². The van der Waals surface area contributed by atoms with Crippen LogP contribution in [0.4, 0.5) is 0 Å². The molecule has 2 aromatic rings. The minimum atomic E-state index is -0.508. The van der Waals surface area contributed by atoms with Crippen molar-refractivity contribution in [2.75, 3.05) is 13.1 Å². The molecule has 1 amide bonds. The van der Waals surface area contributed by atoms with Gasteiger partial charge in [-0.05, 0) is 38.0 Å². The molecule has 1 aromatic carbocycles. The van der Waals surface area contributed by atoms with E-state index in [1.54, 1.807) is 6.07 Å². The number of carbonyl (C=O) groups excluding carboxylic acids is 1. The molecule has 1 aromatic heterocycles. The molecule has 5 heteroatoms. The molecule has 0 radical (unpaired) electrons. The van der Waals surface area contributed by atoms with Crippen molar-refractivity contribution in [2.24, 2.45) is 5.73 Å². The molecule has 2 heterocycles. The molecule has 1 fully saturated rings. The van der Waals surface area contributed by atoms with E-state index in [9.17, 15) is 4.79 Å². The fourth-order valence-corrected chi connectivity index (χ4v) is 3.26. The lowest BCUT2D eigenvalue weighted by molar-refractivity contribution is 0.0962. The molecular weight excluding hydrogens is 316 g/mol. The number of rotatable bonds is 6. The number of amides is 1. The molecule has 25 heavy (non-hydrogen) atoms. The second-order valence-corrected chi connectivity index (χ2v) is 6.68. The van der Waals surface area contributed by atoms with Crippen molar-refractivity contribution in [3.63, 3.8) is 0 Å². The van der Waals surface area contributed by atoms with Gasteiger partial charge in [0, 0.05) is 31.6 Å². The second kappa shape index (κ2) is 7.74. The van der Waals surface area contributed by atoms with E-state index in [2.05, 4.69) is 24.0 Å². The Morgan fingerprint density at radius 1 is 1.28 bits per heavy atom. The van der Waals surface area contributed by atoms with Gasteiger partial charge in [0.1, 0.15) is 17.6 Å². The molecule has 0 saturated carbocycles. The average Bonchev–Trinajstić information content (AvgIpc) is 3.02. The summed E-state index contributed by atoms with van der Waals surface area (Å²) in [5, 5.41) is 0. The fraction of sp³-hybridized carbons (Fsp3) is 0.450. The zero-order valence-electron chi connectivity index (χ0n) is 15.0. The highest BCUT2D eigenvalue weighted by molar-refractivity contribution is 5.90. The van der Waals surface area contributed by atoms with E-state index >= 15 is 0 Å². The molecule has 5 nitrogen and oxygen atoms in total. The molecule has 0 atom stereocenters. The van der Waals surface area contributed by atoms with Gasteiger partial charge in [-0.25, -0.2) is 0 Å². The number of primary amides is 1. The average molecular weight is 342 g/mol. The van der Waals surface area contributed by atoms with E-state index in [1.165, 1.54) is 5.56 Å². The van der Waals surface area contributed by atoms with E-state index in [-0.39, 0.29) is 11.9 Å². The fourth-order valence-electron chi connectivity index (χ4n) is 3.26. The van der Waals surface area contributed by atoms with Crippen molar-refractivity contribution in [3.05, 3.63) is 53.0 Å². The van der Waals surface area contributed by atoms with Crippen LogP contribution in [-0.2, 0) is 13.0 Å².